The van der Waals surface area contributed by atoms with Gasteiger partial charge in [-0.3, -0.25) is 9.79 Å². The quantitative estimate of drug-likeness (QED) is 0.166. The lowest BCUT2D eigenvalue weighted by molar-refractivity contribution is -0.138. The van der Waals surface area contributed by atoms with E-state index in [0.717, 1.165) is 10.9 Å². The molecule has 1 aromatic heterocycles. The van der Waals surface area contributed by atoms with Crippen molar-refractivity contribution in [3.63, 3.8) is 0 Å². The molecule has 9 heteroatoms. The van der Waals surface area contributed by atoms with E-state index >= 15 is 0 Å². The highest BCUT2D eigenvalue weighted by atomic mass is 16.4. The highest BCUT2D eigenvalue weighted by Gasteiger charge is 2.09. The second-order valence-corrected chi connectivity index (χ2v) is 5.40. The summed E-state index contributed by atoms with van der Waals surface area (Å²) in [6, 6.07) is 5.94. The Bertz CT molecular complexity index is 812. The SMILES string of the molecule is Cc1cc(=O)oc2cc(N)ccc12.NC(N)=NCCC[C@H](N)C(=O)O. The Balaban J connectivity index is 0.000000252. The topological polar surface area (TPSA) is 184 Å². The number of benzene rings is 1. The molecular formula is C16H23N5O4. The van der Waals surface area contributed by atoms with E-state index in [2.05, 4.69) is 4.99 Å². The number of guanidine groups is 1. The summed E-state index contributed by atoms with van der Waals surface area (Å²) in [7, 11) is 0. The van der Waals surface area contributed by atoms with Crippen molar-refractivity contribution in [3.8, 4) is 0 Å². The van der Waals surface area contributed by atoms with Crippen molar-refractivity contribution in [1.29, 1.82) is 0 Å². The lowest BCUT2D eigenvalue weighted by Crippen LogP contribution is -2.30. The Hall–Kier alpha value is -3.07. The molecule has 0 spiro atoms. The number of carboxylic acids is 1. The van der Waals surface area contributed by atoms with Crippen LogP contribution in [0.5, 0.6) is 0 Å². The van der Waals surface area contributed by atoms with Gasteiger partial charge in [-0.25, -0.2) is 4.79 Å². The zero-order valence-corrected chi connectivity index (χ0v) is 13.9. The van der Waals surface area contributed by atoms with Crippen LogP contribution in [0.3, 0.4) is 0 Å². The number of aliphatic carboxylic acids is 1. The third-order valence-electron chi connectivity index (χ3n) is 3.26. The average molecular weight is 349 g/mol. The van der Waals surface area contributed by atoms with Crippen LogP contribution < -0.4 is 28.6 Å². The summed E-state index contributed by atoms with van der Waals surface area (Å²) in [5.74, 6) is -0.987. The van der Waals surface area contributed by atoms with Crippen LogP contribution in [0.2, 0.25) is 0 Å². The molecule has 0 saturated carbocycles. The summed E-state index contributed by atoms with van der Waals surface area (Å²) in [5, 5.41) is 9.31. The predicted octanol–water partition coefficient (Wildman–Crippen LogP) is 0.136. The van der Waals surface area contributed by atoms with Gasteiger partial charge in [-0.15, -0.1) is 0 Å². The first-order valence-electron chi connectivity index (χ1n) is 7.54. The third-order valence-corrected chi connectivity index (χ3v) is 3.26. The highest BCUT2D eigenvalue weighted by Crippen LogP contribution is 2.18. The van der Waals surface area contributed by atoms with Gasteiger partial charge < -0.3 is 32.5 Å². The summed E-state index contributed by atoms with van der Waals surface area (Å²) in [5.41, 5.74) is 22.6. The van der Waals surface area contributed by atoms with Crippen molar-refractivity contribution in [1.82, 2.24) is 0 Å². The maximum atomic E-state index is 11.0. The molecule has 0 aliphatic rings. The van der Waals surface area contributed by atoms with Gasteiger partial charge in [0.1, 0.15) is 11.6 Å². The molecule has 0 fully saturated rings. The molecule has 0 saturated heterocycles. The number of hydrogen-bond donors (Lipinski definition) is 5. The van der Waals surface area contributed by atoms with Gasteiger partial charge in [0, 0.05) is 29.8 Å². The van der Waals surface area contributed by atoms with Crippen LogP contribution in [0.15, 0.2) is 38.5 Å². The van der Waals surface area contributed by atoms with E-state index in [1.54, 1.807) is 12.1 Å². The minimum absolute atomic E-state index is 0.0129. The number of aryl methyl sites for hydroxylation is 1. The Morgan fingerprint density at radius 3 is 2.60 bits per heavy atom. The number of nitrogens with two attached hydrogens (primary N) is 4. The molecule has 0 amide bonds. The minimum atomic E-state index is -1.00. The summed E-state index contributed by atoms with van der Waals surface area (Å²) in [6.45, 7) is 2.29. The van der Waals surface area contributed by atoms with Gasteiger partial charge in [-0.1, -0.05) is 0 Å². The first-order valence-corrected chi connectivity index (χ1v) is 7.54. The van der Waals surface area contributed by atoms with Gasteiger partial charge in [0.2, 0.25) is 0 Å². The largest absolute Gasteiger partial charge is 0.480 e. The number of nitrogen functional groups attached to an aromatic ring is 1. The summed E-state index contributed by atoms with van der Waals surface area (Å²) >= 11 is 0. The van der Waals surface area contributed by atoms with Gasteiger partial charge in [0.15, 0.2) is 5.96 Å². The number of anilines is 1. The number of aliphatic imine (C=N–C) groups is 1. The van der Waals surface area contributed by atoms with Gasteiger partial charge in [0.05, 0.1) is 0 Å². The average Bonchev–Trinajstić information content (AvgIpc) is 2.50. The second-order valence-electron chi connectivity index (χ2n) is 5.40. The standard InChI is InChI=1S/C10H9NO2.C6H14N4O2/c1-6-4-10(12)13-9-5-7(11)2-3-8(6)9;7-4(5(11)12)2-1-3-10-6(8)9/h2-5H,11H2,1H3;4H,1-3,7H2,(H,11,12)(H4,8,9,10)/t;4-/m.0/s1. The number of carbonyl (C=O) groups is 1. The van der Waals surface area contributed by atoms with E-state index in [1.165, 1.54) is 6.07 Å². The van der Waals surface area contributed by atoms with Crippen molar-refractivity contribution in [2.45, 2.75) is 25.8 Å². The third kappa shape index (κ3) is 6.92. The molecule has 0 radical (unpaired) electrons. The molecule has 0 aliphatic carbocycles. The molecule has 0 bridgehead atoms. The van der Waals surface area contributed by atoms with Crippen LogP contribution in [0.4, 0.5) is 5.69 Å². The van der Waals surface area contributed by atoms with Gasteiger partial charge >= 0.3 is 11.6 Å². The number of rotatable bonds is 5. The molecule has 1 heterocycles. The molecule has 1 aromatic carbocycles. The maximum Gasteiger partial charge on any atom is 0.336 e. The molecule has 25 heavy (non-hydrogen) atoms. The Labute approximate surface area is 144 Å². The summed E-state index contributed by atoms with van der Waals surface area (Å²) in [4.78, 5) is 24.9. The number of fused-ring (bicyclic) bond motifs is 1. The lowest BCUT2D eigenvalue weighted by Gasteiger charge is -2.03. The fourth-order valence-corrected chi connectivity index (χ4v) is 1.98. The Morgan fingerprint density at radius 1 is 1.32 bits per heavy atom. The van der Waals surface area contributed by atoms with E-state index in [0.29, 0.717) is 30.7 Å². The smallest absolute Gasteiger partial charge is 0.336 e. The molecule has 2 aromatic rings. The van der Waals surface area contributed by atoms with E-state index < -0.39 is 12.0 Å². The molecule has 2 rings (SSSR count). The van der Waals surface area contributed by atoms with Crippen molar-refractivity contribution < 1.29 is 14.3 Å². The van der Waals surface area contributed by atoms with Crippen LogP contribution in [0.25, 0.3) is 11.0 Å². The van der Waals surface area contributed by atoms with Crippen LogP contribution in [-0.2, 0) is 4.79 Å². The Kier molecular flexibility index (Phi) is 7.42. The molecular weight excluding hydrogens is 326 g/mol. The van der Waals surface area contributed by atoms with Crippen LogP contribution in [0.1, 0.15) is 18.4 Å². The van der Waals surface area contributed by atoms with Crippen molar-refractivity contribution in [2.75, 3.05) is 12.3 Å². The molecule has 136 valence electrons. The zero-order valence-electron chi connectivity index (χ0n) is 13.9. The van der Waals surface area contributed by atoms with E-state index in [4.69, 9.17) is 32.5 Å². The van der Waals surface area contributed by atoms with E-state index in [9.17, 15) is 9.59 Å². The van der Waals surface area contributed by atoms with E-state index in [1.807, 2.05) is 13.0 Å². The van der Waals surface area contributed by atoms with Crippen molar-refractivity contribution >= 4 is 28.6 Å². The fourth-order valence-electron chi connectivity index (χ4n) is 1.98. The maximum absolute atomic E-state index is 11.0. The minimum Gasteiger partial charge on any atom is -0.480 e. The molecule has 0 unspecified atom stereocenters. The number of nitrogens with zero attached hydrogens (tertiary/aromatic N) is 1. The molecule has 9 N–H and O–H groups in total. The van der Waals surface area contributed by atoms with Crippen molar-refractivity contribution in [2.24, 2.45) is 22.2 Å². The van der Waals surface area contributed by atoms with Crippen molar-refractivity contribution in [3.05, 3.63) is 40.2 Å². The summed E-state index contributed by atoms with van der Waals surface area (Å²) < 4.78 is 4.99. The molecule has 1 atom stereocenters. The summed E-state index contributed by atoms with van der Waals surface area (Å²) in [6.07, 6.45) is 0.956. The predicted molar refractivity (Wildman–Crippen MR) is 97.2 cm³/mol. The monoisotopic (exact) mass is 349 g/mol. The molecule has 9 nitrogen and oxygen atoms in total. The number of hydrogen-bond acceptors (Lipinski definition) is 6. The lowest BCUT2D eigenvalue weighted by atomic mass is 10.1. The normalized spacial score (nSPS) is 11.3. The van der Waals surface area contributed by atoms with Gasteiger partial charge in [0.25, 0.3) is 0 Å². The number of carboxylic acid groups (broad SMARTS) is 1. The molecule has 0 aliphatic heterocycles. The van der Waals surface area contributed by atoms with Crippen LogP contribution in [0, 0.1) is 6.92 Å². The zero-order chi connectivity index (χ0) is 19.0. The van der Waals surface area contributed by atoms with E-state index in [-0.39, 0.29) is 11.6 Å². The van der Waals surface area contributed by atoms with Gasteiger partial charge in [-0.05, 0) is 37.5 Å². The van der Waals surface area contributed by atoms with Crippen LogP contribution in [-0.4, -0.2) is 29.6 Å². The highest BCUT2D eigenvalue weighted by molar-refractivity contribution is 5.82. The van der Waals surface area contributed by atoms with Crippen LogP contribution >= 0.6 is 0 Å². The first kappa shape index (κ1) is 20.0. The fraction of sp³-hybridized carbons (Fsp3) is 0.312. The Morgan fingerprint density at radius 2 is 2.00 bits per heavy atom. The second kappa shape index (κ2) is 9.28. The van der Waals surface area contributed by atoms with Gasteiger partial charge in [-0.2, -0.15) is 0 Å². The first-order chi connectivity index (χ1) is 11.7.